The Morgan fingerprint density at radius 1 is 1.40 bits per heavy atom. The second-order valence-corrected chi connectivity index (χ2v) is 6.96. The topological polar surface area (TPSA) is 58.4 Å². The summed E-state index contributed by atoms with van der Waals surface area (Å²) in [7, 11) is 0. The van der Waals surface area contributed by atoms with Gasteiger partial charge >= 0.3 is 0 Å². The molecule has 0 radical (unpaired) electrons. The molecule has 0 spiro atoms. The monoisotopic (exact) mass is 281 g/mol. The van der Waals surface area contributed by atoms with Gasteiger partial charge in [0.25, 0.3) is 0 Å². The predicted octanol–water partition coefficient (Wildman–Crippen LogP) is 2.03. The third kappa shape index (κ3) is 3.73. The minimum Gasteiger partial charge on any atom is -0.368 e. The Balaban J connectivity index is 1.99. The van der Waals surface area contributed by atoms with E-state index in [1.54, 1.807) is 0 Å². The molecule has 3 atom stereocenters. The van der Waals surface area contributed by atoms with Crippen LogP contribution in [0.25, 0.3) is 0 Å². The molecule has 1 saturated heterocycles. The van der Waals surface area contributed by atoms with Crippen molar-refractivity contribution in [1.29, 1.82) is 0 Å². The van der Waals surface area contributed by atoms with E-state index in [9.17, 15) is 4.79 Å². The highest BCUT2D eigenvalue weighted by Gasteiger charge is 2.39. The predicted molar refractivity (Wildman–Crippen MR) is 82.5 cm³/mol. The fraction of sp³-hybridized carbons (Fsp3) is 0.938. The first-order valence-corrected chi connectivity index (χ1v) is 8.29. The molecule has 20 heavy (non-hydrogen) atoms. The molecule has 0 aromatic carbocycles. The molecule has 2 aliphatic rings. The van der Waals surface area contributed by atoms with E-state index in [1.807, 2.05) is 6.92 Å². The highest BCUT2D eigenvalue weighted by molar-refractivity contribution is 5.84. The van der Waals surface area contributed by atoms with Crippen LogP contribution < -0.4 is 11.1 Å². The zero-order chi connectivity index (χ0) is 14.8. The summed E-state index contributed by atoms with van der Waals surface area (Å²) in [5, 5.41) is 3.47. The van der Waals surface area contributed by atoms with E-state index in [0.717, 1.165) is 13.0 Å². The summed E-state index contributed by atoms with van der Waals surface area (Å²) >= 11 is 0. The van der Waals surface area contributed by atoms with E-state index in [0.29, 0.717) is 18.1 Å². The molecule has 0 aromatic heterocycles. The van der Waals surface area contributed by atoms with Crippen molar-refractivity contribution in [3.8, 4) is 0 Å². The third-order valence-electron chi connectivity index (χ3n) is 5.06. The summed E-state index contributed by atoms with van der Waals surface area (Å²) in [6.45, 7) is 7.67. The zero-order valence-corrected chi connectivity index (χ0v) is 13.3. The van der Waals surface area contributed by atoms with Gasteiger partial charge in [-0.2, -0.15) is 0 Å². The summed E-state index contributed by atoms with van der Waals surface area (Å²) in [6, 6.07) is 1.59. The molecular formula is C16H31N3O. The van der Waals surface area contributed by atoms with Crippen molar-refractivity contribution in [2.24, 2.45) is 5.73 Å². The van der Waals surface area contributed by atoms with Crippen LogP contribution in [0.4, 0.5) is 0 Å². The van der Waals surface area contributed by atoms with Gasteiger partial charge in [0.15, 0.2) is 0 Å². The van der Waals surface area contributed by atoms with Crippen molar-refractivity contribution in [3.63, 3.8) is 0 Å². The lowest BCUT2D eigenvalue weighted by Crippen LogP contribution is -2.58. The van der Waals surface area contributed by atoms with Crippen LogP contribution in [0.2, 0.25) is 0 Å². The van der Waals surface area contributed by atoms with Gasteiger partial charge < -0.3 is 11.1 Å². The number of nitrogens with zero attached hydrogens (tertiary/aromatic N) is 1. The molecule has 3 N–H and O–H groups in total. The van der Waals surface area contributed by atoms with Crippen LogP contribution in [-0.4, -0.2) is 41.0 Å². The number of carbonyl (C=O) groups excluding carboxylic acids is 1. The minimum atomic E-state index is -0.559. The second-order valence-electron chi connectivity index (χ2n) is 6.96. The van der Waals surface area contributed by atoms with Crippen molar-refractivity contribution in [1.82, 2.24) is 10.2 Å². The quantitative estimate of drug-likeness (QED) is 0.750. The molecule has 0 bridgehead atoms. The normalized spacial score (nSPS) is 28.9. The number of primary amides is 1. The molecule has 1 amide bonds. The van der Waals surface area contributed by atoms with E-state index >= 15 is 0 Å². The standard InChI is InChI=1S/C16H31N3O/c1-4-14-7-5-6-10-19(14)12(2)11-16(3,15(17)20)18-13-8-9-13/h12-14,18H,4-11H2,1-3H3,(H2,17,20). The molecule has 2 rings (SSSR count). The highest BCUT2D eigenvalue weighted by Crippen LogP contribution is 2.28. The summed E-state index contributed by atoms with van der Waals surface area (Å²) in [4.78, 5) is 14.5. The maximum atomic E-state index is 11.9. The maximum absolute atomic E-state index is 11.9. The molecule has 4 nitrogen and oxygen atoms in total. The molecule has 1 saturated carbocycles. The average molecular weight is 281 g/mol. The first kappa shape index (κ1) is 15.8. The van der Waals surface area contributed by atoms with Crippen LogP contribution >= 0.6 is 0 Å². The molecule has 0 aromatic rings. The Morgan fingerprint density at radius 2 is 2.10 bits per heavy atom. The third-order valence-corrected chi connectivity index (χ3v) is 5.06. The Hall–Kier alpha value is -0.610. The largest absolute Gasteiger partial charge is 0.368 e. The van der Waals surface area contributed by atoms with Crippen molar-refractivity contribution in [2.45, 2.75) is 89.4 Å². The number of rotatable bonds is 7. The SMILES string of the molecule is CCC1CCCCN1C(C)CC(C)(NC1CC1)C(N)=O. The van der Waals surface area contributed by atoms with Gasteiger partial charge in [-0.25, -0.2) is 0 Å². The van der Waals surface area contributed by atoms with Crippen LogP contribution in [0, 0.1) is 0 Å². The van der Waals surface area contributed by atoms with E-state index < -0.39 is 5.54 Å². The first-order chi connectivity index (χ1) is 9.46. The summed E-state index contributed by atoms with van der Waals surface area (Å²) in [5.74, 6) is -0.207. The fourth-order valence-corrected chi connectivity index (χ4v) is 3.66. The minimum absolute atomic E-state index is 0.207. The number of nitrogens with one attached hydrogen (secondary N) is 1. The lowest BCUT2D eigenvalue weighted by atomic mass is 9.89. The Labute approximate surface area is 123 Å². The van der Waals surface area contributed by atoms with E-state index in [-0.39, 0.29) is 5.91 Å². The smallest absolute Gasteiger partial charge is 0.237 e. The fourth-order valence-electron chi connectivity index (χ4n) is 3.66. The lowest BCUT2D eigenvalue weighted by Gasteiger charge is -2.42. The molecule has 1 aliphatic carbocycles. The number of carbonyl (C=O) groups is 1. The van der Waals surface area contributed by atoms with Crippen molar-refractivity contribution in [2.75, 3.05) is 6.54 Å². The van der Waals surface area contributed by atoms with Crippen LogP contribution in [0.15, 0.2) is 0 Å². The van der Waals surface area contributed by atoms with Crippen LogP contribution in [-0.2, 0) is 4.79 Å². The summed E-state index contributed by atoms with van der Waals surface area (Å²) in [5.41, 5.74) is 5.11. The lowest BCUT2D eigenvalue weighted by molar-refractivity contribution is -0.124. The number of likely N-dealkylation sites (tertiary alicyclic amines) is 1. The van der Waals surface area contributed by atoms with Gasteiger partial charge in [-0.1, -0.05) is 13.3 Å². The zero-order valence-electron chi connectivity index (χ0n) is 13.3. The molecule has 2 fully saturated rings. The van der Waals surface area contributed by atoms with Crippen molar-refractivity contribution in [3.05, 3.63) is 0 Å². The average Bonchev–Trinajstić information content (AvgIpc) is 3.22. The van der Waals surface area contributed by atoms with Gasteiger partial charge in [0, 0.05) is 18.1 Å². The van der Waals surface area contributed by atoms with Crippen molar-refractivity contribution >= 4 is 5.91 Å². The van der Waals surface area contributed by atoms with Crippen LogP contribution in [0.1, 0.15) is 65.7 Å². The second kappa shape index (κ2) is 6.44. The van der Waals surface area contributed by atoms with E-state index in [2.05, 4.69) is 24.1 Å². The van der Waals surface area contributed by atoms with Gasteiger partial charge in [-0.15, -0.1) is 0 Å². The van der Waals surface area contributed by atoms with Gasteiger partial charge in [0.2, 0.25) is 5.91 Å². The summed E-state index contributed by atoms with van der Waals surface area (Å²) < 4.78 is 0. The van der Waals surface area contributed by atoms with Gasteiger partial charge in [0.05, 0.1) is 5.54 Å². The number of nitrogens with two attached hydrogens (primary N) is 1. The van der Waals surface area contributed by atoms with Crippen LogP contribution in [0.3, 0.4) is 0 Å². The van der Waals surface area contributed by atoms with E-state index in [4.69, 9.17) is 5.73 Å². The Kier molecular flexibility index (Phi) is 5.08. The van der Waals surface area contributed by atoms with Crippen molar-refractivity contribution < 1.29 is 4.79 Å². The maximum Gasteiger partial charge on any atom is 0.237 e. The highest BCUT2D eigenvalue weighted by atomic mass is 16.1. The first-order valence-electron chi connectivity index (χ1n) is 8.29. The molecule has 4 heteroatoms. The number of hydrogen-bond donors (Lipinski definition) is 2. The number of piperidine rings is 1. The van der Waals surface area contributed by atoms with Gasteiger partial charge in [-0.05, 0) is 58.9 Å². The Bertz CT molecular complexity index is 343. The van der Waals surface area contributed by atoms with E-state index in [1.165, 1.54) is 38.5 Å². The summed E-state index contributed by atoms with van der Waals surface area (Å²) in [6.07, 6.45) is 8.30. The molecular weight excluding hydrogens is 250 g/mol. The Morgan fingerprint density at radius 3 is 2.65 bits per heavy atom. The molecule has 116 valence electrons. The number of amides is 1. The molecule has 3 unspecified atom stereocenters. The molecule has 1 aliphatic heterocycles. The molecule has 1 heterocycles. The number of hydrogen-bond acceptors (Lipinski definition) is 3. The van der Waals surface area contributed by atoms with Gasteiger partial charge in [0.1, 0.15) is 0 Å². The van der Waals surface area contributed by atoms with Gasteiger partial charge in [-0.3, -0.25) is 9.69 Å². The van der Waals surface area contributed by atoms with Crippen LogP contribution in [0.5, 0.6) is 0 Å².